The van der Waals surface area contributed by atoms with Gasteiger partial charge in [-0.3, -0.25) is 4.79 Å². The zero-order valence-electron chi connectivity index (χ0n) is 16.3. The molecule has 1 saturated heterocycles. The van der Waals surface area contributed by atoms with Gasteiger partial charge in [0.05, 0.1) is 23.5 Å². The maximum absolute atomic E-state index is 13.0. The van der Waals surface area contributed by atoms with E-state index in [1.165, 1.54) is 23.5 Å². The van der Waals surface area contributed by atoms with Crippen LogP contribution >= 0.6 is 0 Å². The van der Waals surface area contributed by atoms with E-state index in [0.29, 0.717) is 18.6 Å². The number of esters is 2. The van der Waals surface area contributed by atoms with E-state index in [-0.39, 0.29) is 35.4 Å². The molecule has 1 heterocycles. The van der Waals surface area contributed by atoms with Crippen molar-refractivity contribution in [3.63, 3.8) is 0 Å². The number of ether oxygens (including phenoxy) is 2. The Labute approximate surface area is 170 Å². The normalized spacial score (nSPS) is 15.7. The molecule has 7 nitrogen and oxygen atoms in total. The van der Waals surface area contributed by atoms with Crippen molar-refractivity contribution in [3.8, 4) is 5.75 Å². The Hall–Kier alpha value is -2.71. The Kier molecular flexibility index (Phi) is 6.34. The van der Waals surface area contributed by atoms with Crippen molar-refractivity contribution >= 4 is 22.0 Å². The molecule has 1 fully saturated rings. The third-order valence-corrected chi connectivity index (χ3v) is 6.89. The Morgan fingerprint density at radius 1 is 1.00 bits per heavy atom. The van der Waals surface area contributed by atoms with Gasteiger partial charge in [0.25, 0.3) is 0 Å². The highest BCUT2D eigenvalue weighted by Crippen LogP contribution is 2.27. The zero-order valence-corrected chi connectivity index (χ0v) is 17.1. The fraction of sp³-hybridized carbons (Fsp3) is 0.333. The molecule has 0 atom stereocenters. The van der Waals surface area contributed by atoms with Gasteiger partial charge >= 0.3 is 11.9 Å². The van der Waals surface area contributed by atoms with Crippen molar-refractivity contribution < 1.29 is 27.5 Å². The van der Waals surface area contributed by atoms with E-state index in [4.69, 9.17) is 4.74 Å². The summed E-state index contributed by atoms with van der Waals surface area (Å²) in [7, 11) is -2.67. The number of hydrogen-bond acceptors (Lipinski definition) is 6. The van der Waals surface area contributed by atoms with Gasteiger partial charge in [-0.05, 0) is 44.0 Å². The topological polar surface area (TPSA) is 90.0 Å². The molecular formula is C21H23NO6S. The number of rotatable bonds is 5. The third kappa shape index (κ3) is 4.65. The van der Waals surface area contributed by atoms with E-state index in [0.717, 1.165) is 5.56 Å². The van der Waals surface area contributed by atoms with Crippen LogP contribution in [0.3, 0.4) is 0 Å². The SMILES string of the molecule is COC(=O)c1ccccc1S(=O)(=O)N1CCC(C(=O)Oc2ccc(C)cc2)CC1. The first-order valence-electron chi connectivity index (χ1n) is 9.29. The van der Waals surface area contributed by atoms with Gasteiger partial charge in [0.1, 0.15) is 5.75 Å². The minimum Gasteiger partial charge on any atom is -0.465 e. The van der Waals surface area contributed by atoms with Gasteiger partial charge in [0.15, 0.2) is 0 Å². The predicted molar refractivity (Wildman–Crippen MR) is 106 cm³/mol. The zero-order chi connectivity index (χ0) is 21.0. The predicted octanol–water partition coefficient (Wildman–Crippen LogP) is 2.79. The summed E-state index contributed by atoms with van der Waals surface area (Å²) in [6, 6.07) is 13.1. The average Bonchev–Trinajstić information content (AvgIpc) is 2.74. The monoisotopic (exact) mass is 417 g/mol. The molecule has 0 amide bonds. The van der Waals surface area contributed by atoms with E-state index >= 15 is 0 Å². The summed E-state index contributed by atoms with van der Waals surface area (Å²) in [6.07, 6.45) is 0.703. The maximum atomic E-state index is 13.0. The molecule has 1 aliphatic heterocycles. The molecule has 0 bridgehead atoms. The first-order chi connectivity index (χ1) is 13.8. The number of piperidine rings is 1. The van der Waals surface area contributed by atoms with Crippen LogP contribution in [0.1, 0.15) is 28.8 Å². The van der Waals surface area contributed by atoms with Crippen LogP contribution < -0.4 is 4.74 Å². The molecule has 3 rings (SSSR count). The Balaban J connectivity index is 1.68. The molecule has 154 valence electrons. The molecule has 2 aromatic rings. The van der Waals surface area contributed by atoms with Crippen LogP contribution in [0.4, 0.5) is 0 Å². The van der Waals surface area contributed by atoms with E-state index in [1.54, 1.807) is 24.3 Å². The lowest BCUT2D eigenvalue weighted by Gasteiger charge is -2.30. The van der Waals surface area contributed by atoms with Crippen molar-refractivity contribution in [1.29, 1.82) is 0 Å². The summed E-state index contributed by atoms with van der Waals surface area (Å²) < 4.78 is 37.5. The molecule has 0 saturated carbocycles. The van der Waals surface area contributed by atoms with Crippen LogP contribution in [-0.2, 0) is 19.6 Å². The fourth-order valence-corrected chi connectivity index (χ4v) is 4.90. The molecule has 2 aromatic carbocycles. The van der Waals surface area contributed by atoms with Gasteiger partial charge in [-0.25, -0.2) is 13.2 Å². The van der Waals surface area contributed by atoms with Gasteiger partial charge in [-0.15, -0.1) is 0 Å². The highest BCUT2D eigenvalue weighted by molar-refractivity contribution is 7.89. The van der Waals surface area contributed by atoms with Gasteiger partial charge in [-0.2, -0.15) is 4.31 Å². The first-order valence-corrected chi connectivity index (χ1v) is 10.7. The highest BCUT2D eigenvalue weighted by atomic mass is 32.2. The minimum absolute atomic E-state index is 0.00379. The third-order valence-electron chi connectivity index (χ3n) is 4.94. The van der Waals surface area contributed by atoms with Crippen LogP contribution in [-0.4, -0.2) is 44.9 Å². The summed E-state index contributed by atoms with van der Waals surface area (Å²) in [5, 5.41) is 0. The van der Waals surface area contributed by atoms with Crippen LogP contribution in [0.5, 0.6) is 5.75 Å². The highest BCUT2D eigenvalue weighted by Gasteiger charge is 2.35. The smallest absolute Gasteiger partial charge is 0.339 e. The lowest BCUT2D eigenvalue weighted by atomic mass is 9.98. The van der Waals surface area contributed by atoms with Gasteiger partial charge in [0, 0.05) is 13.1 Å². The molecule has 1 aliphatic rings. The second kappa shape index (κ2) is 8.75. The van der Waals surface area contributed by atoms with E-state index < -0.39 is 16.0 Å². The van der Waals surface area contributed by atoms with Gasteiger partial charge in [-0.1, -0.05) is 29.8 Å². The minimum atomic E-state index is -3.88. The number of aryl methyl sites for hydroxylation is 1. The number of sulfonamides is 1. The molecule has 0 N–H and O–H groups in total. The summed E-state index contributed by atoms with van der Waals surface area (Å²) in [5.41, 5.74) is 1.06. The summed E-state index contributed by atoms with van der Waals surface area (Å²) in [4.78, 5) is 24.3. The molecule has 0 unspecified atom stereocenters. The standard InChI is InChI=1S/C21H23NO6S/c1-15-7-9-17(10-8-15)28-20(23)16-11-13-22(14-12-16)29(25,26)19-6-4-3-5-18(19)21(24)27-2/h3-10,16H,11-14H2,1-2H3. The van der Waals surface area contributed by atoms with E-state index in [2.05, 4.69) is 4.74 Å². The molecule has 8 heteroatoms. The largest absolute Gasteiger partial charge is 0.465 e. The number of hydrogen-bond donors (Lipinski definition) is 0. The molecule has 0 aromatic heterocycles. The summed E-state index contributed by atoms with van der Waals surface area (Å²) in [5.74, 6) is -0.970. The van der Waals surface area contributed by atoms with Gasteiger partial charge in [0.2, 0.25) is 10.0 Å². The Morgan fingerprint density at radius 2 is 1.62 bits per heavy atom. The number of nitrogens with zero attached hydrogens (tertiary/aromatic N) is 1. The number of carbonyl (C=O) groups is 2. The molecule has 0 radical (unpaired) electrons. The summed E-state index contributed by atoms with van der Waals surface area (Å²) >= 11 is 0. The average molecular weight is 417 g/mol. The molecule has 29 heavy (non-hydrogen) atoms. The van der Waals surface area contributed by atoms with Gasteiger partial charge < -0.3 is 9.47 Å². The van der Waals surface area contributed by atoms with E-state index in [1.807, 2.05) is 19.1 Å². The number of benzene rings is 2. The quantitative estimate of drug-likeness (QED) is 0.549. The first kappa shape index (κ1) is 21.0. The Morgan fingerprint density at radius 3 is 2.24 bits per heavy atom. The molecule has 0 spiro atoms. The van der Waals surface area contributed by atoms with Crippen molar-refractivity contribution in [1.82, 2.24) is 4.31 Å². The maximum Gasteiger partial charge on any atom is 0.339 e. The molecular weight excluding hydrogens is 394 g/mol. The lowest BCUT2D eigenvalue weighted by molar-refractivity contribution is -0.140. The van der Waals surface area contributed by atoms with Crippen LogP contribution in [0.2, 0.25) is 0 Å². The van der Waals surface area contributed by atoms with Crippen molar-refractivity contribution in [2.75, 3.05) is 20.2 Å². The second-order valence-corrected chi connectivity index (χ2v) is 8.81. The summed E-state index contributed by atoms with van der Waals surface area (Å²) in [6.45, 7) is 2.29. The Bertz CT molecular complexity index is 992. The van der Waals surface area contributed by atoms with Crippen molar-refractivity contribution in [3.05, 3.63) is 59.7 Å². The van der Waals surface area contributed by atoms with Crippen LogP contribution in [0, 0.1) is 12.8 Å². The molecule has 0 aliphatic carbocycles. The van der Waals surface area contributed by atoms with Crippen molar-refractivity contribution in [2.24, 2.45) is 5.92 Å². The fourth-order valence-electron chi connectivity index (χ4n) is 3.25. The number of methoxy groups -OCH3 is 1. The van der Waals surface area contributed by atoms with Crippen LogP contribution in [0.15, 0.2) is 53.4 Å². The number of carbonyl (C=O) groups excluding carboxylic acids is 2. The lowest BCUT2D eigenvalue weighted by Crippen LogP contribution is -2.41. The second-order valence-electron chi connectivity index (χ2n) is 6.90. The van der Waals surface area contributed by atoms with Crippen LogP contribution in [0.25, 0.3) is 0 Å². The van der Waals surface area contributed by atoms with E-state index in [9.17, 15) is 18.0 Å². The van der Waals surface area contributed by atoms with Crippen molar-refractivity contribution in [2.45, 2.75) is 24.7 Å².